The third-order valence-electron chi connectivity index (χ3n) is 5.17. The zero-order valence-corrected chi connectivity index (χ0v) is 12.8. The molecule has 1 aliphatic carbocycles. The molecule has 0 radical (unpaired) electrons. The van der Waals surface area contributed by atoms with Crippen molar-refractivity contribution in [2.45, 2.75) is 58.0 Å². The summed E-state index contributed by atoms with van der Waals surface area (Å²) in [7, 11) is 0. The lowest BCUT2D eigenvalue weighted by atomic mass is 9.76. The summed E-state index contributed by atoms with van der Waals surface area (Å²) in [4.78, 5) is 0. The van der Waals surface area contributed by atoms with Gasteiger partial charge in [-0.25, -0.2) is 0 Å². The molecule has 0 spiro atoms. The van der Waals surface area contributed by atoms with Crippen molar-refractivity contribution < 1.29 is 0 Å². The van der Waals surface area contributed by atoms with Crippen LogP contribution < -0.4 is 10.6 Å². The van der Waals surface area contributed by atoms with E-state index in [4.69, 9.17) is 0 Å². The Hall–Kier alpha value is -0.860. The van der Waals surface area contributed by atoms with Crippen LogP contribution in [0.25, 0.3) is 0 Å². The Kier molecular flexibility index (Phi) is 4.42. The molecule has 110 valence electrons. The summed E-state index contributed by atoms with van der Waals surface area (Å²) in [6.45, 7) is 5.78. The minimum atomic E-state index is 0.546. The standard InChI is InChI=1S/C18H28N2/c1-18(9-5-2-6-10-18)14-19-13-17-11-15-7-3-4-8-16(15)12-20-17/h3-4,7-8,17,19-20H,2,5-6,9-14H2,1H3. The van der Waals surface area contributed by atoms with Crippen LogP contribution in [0.1, 0.15) is 50.2 Å². The predicted octanol–water partition coefficient (Wildman–Crippen LogP) is 3.26. The van der Waals surface area contributed by atoms with Gasteiger partial charge in [0.2, 0.25) is 0 Å². The minimum absolute atomic E-state index is 0.546. The van der Waals surface area contributed by atoms with Gasteiger partial charge in [0.1, 0.15) is 0 Å². The Bertz CT molecular complexity index is 435. The van der Waals surface area contributed by atoms with Crippen LogP contribution in [0.4, 0.5) is 0 Å². The first kappa shape index (κ1) is 14.1. The predicted molar refractivity (Wildman–Crippen MR) is 84.8 cm³/mol. The SMILES string of the molecule is CC1(CNCC2Cc3ccccc3CN2)CCCCC1. The van der Waals surface area contributed by atoms with Crippen LogP contribution in [-0.4, -0.2) is 19.1 Å². The first-order valence-electron chi connectivity index (χ1n) is 8.26. The van der Waals surface area contributed by atoms with E-state index in [1.54, 1.807) is 0 Å². The fourth-order valence-corrected chi connectivity index (χ4v) is 3.80. The molecule has 1 atom stereocenters. The van der Waals surface area contributed by atoms with Gasteiger partial charge in [0.25, 0.3) is 0 Å². The maximum Gasteiger partial charge on any atom is 0.0236 e. The second-order valence-electron chi connectivity index (χ2n) is 7.05. The first-order valence-corrected chi connectivity index (χ1v) is 8.26. The molecule has 0 saturated heterocycles. The van der Waals surface area contributed by atoms with Crippen LogP contribution in [0, 0.1) is 5.41 Å². The number of benzene rings is 1. The highest BCUT2D eigenvalue weighted by Gasteiger charge is 2.26. The molecule has 3 rings (SSSR count). The van der Waals surface area contributed by atoms with E-state index in [1.807, 2.05) is 0 Å². The fraction of sp³-hybridized carbons (Fsp3) is 0.667. The van der Waals surface area contributed by atoms with Crippen molar-refractivity contribution in [1.82, 2.24) is 10.6 Å². The lowest BCUT2D eigenvalue weighted by Gasteiger charge is -2.35. The first-order chi connectivity index (χ1) is 9.75. The average Bonchev–Trinajstić information content (AvgIpc) is 2.48. The third-order valence-corrected chi connectivity index (χ3v) is 5.17. The van der Waals surface area contributed by atoms with Gasteiger partial charge < -0.3 is 10.6 Å². The summed E-state index contributed by atoms with van der Waals surface area (Å²) in [5, 5.41) is 7.40. The summed E-state index contributed by atoms with van der Waals surface area (Å²) in [6, 6.07) is 9.43. The lowest BCUT2D eigenvalue weighted by Crippen LogP contribution is -2.45. The van der Waals surface area contributed by atoms with Crippen LogP contribution in [0.5, 0.6) is 0 Å². The van der Waals surface area contributed by atoms with Crippen molar-refractivity contribution in [3.05, 3.63) is 35.4 Å². The molecule has 2 heteroatoms. The Morgan fingerprint density at radius 1 is 1.15 bits per heavy atom. The molecule has 2 aliphatic rings. The largest absolute Gasteiger partial charge is 0.315 e. The normalized spacial score (nSPS) is 25.1. The number of rotatable bonds is 4. The molecule has 0 aromatic heterocycles. The Morgan fingerprint density at radius 2 is 1.90 bits per heavy atom. The van der Waals surface area contributed by atoms with Gasteiger partial charge in [-0.2, -0.15) is 0 Å². The van der Waals surface area contributed by atoms with E-state index in [0.717, 1.165) is 13.1 Å². The van der Waals surface area contributed by atoms with Gasteiger partial charge in [0, 0.05) is 25.7 Å². The van der Waals surface area contributed by atoms with Crippen molar-refractivity contribution >= 4 is 0 Å². The molecule has 2 N–H and O–H groups in total. The van der Waals surface area contributed by atoms with Crippen molar-refractivity contribution in [2.24, 2.45) is 5.41 Å². The molecule has 2 nitrogen and oxygen atoms in total. The zero-order chi connectivity index (χ0) is 13.8. The maximum atomic E-state index is 3.73. The van der Waals surface area contributed by atoms with Crippen molar-refractivity contribution in [2.75, 3.05) is 13.1 Å². The third kappa shape index (κ3) is 3.42. The van der Waals surface area contributed by atoms with E-state index >= 15 is 0 Å². The van der Waals surface area contributed by atoms with Crippen LogP contribution in [0.3, 0.4) is 0 Å². The van der Waals surface area contributed by atoms with Gasteiger partial charge in [0.15, 0.2) is 0 Å². The van der Waals surface area contributed by atoms with Crippen molar-refractivity contribution in [3.8, 4) is 0 Å². The molecule has 1 aromatic rings. The molecule has 1 saturated carbocycles. The molecule has 1 heterocycles. The van der Waals surface area contributed by atoms with Crippen LogP contribution in [-0.2, 0) is 13.0 Å². The summed E-state index contributed by atoms with van der Waals surface area (Å²) < 4.78 is 0. The fourth-order valence-electron chi connectivity index (χ4n) is 3.80. The van der Waals surface area contributed by atoms with Crippen LogP contribution in [0.15, 0.2) is 24.3 Å². The van der Waals surface area contributed by atoms with Crippen LogP contribution >= 0.6 is 0 Å². The number of hydrogen-bond acceptors (Lipinski definition) is 2. The molecule has 1 fully saturated rings. The molecule has 1 unspecified atom stereocenters. The lowest BCUT2D eigenvalue weighted by molar-refractivity contribution is 0.205. The number of fused-ring (bicyclic) bond motifs is 1. The van der Waals surface area contributed by atoms with E-state index in [2.05, 4.69) is 41.8 Å². The van der Waals surface area contributed by atoms with Gasteiger partial charge in [-0.15, -0.1) is 0 Å². The molecular formula is C18H28N2. The van der Waals surface area contributed by atoms with Crippen molar-refractivity contribution in [1.29, 1.82) is 0 Å². The van der Waals surface area contributed by atoms with Gasteiger partial charge in [-0.3, -0.25) is 0 Å². The van der Waals surface area contributed by atoms with Crippen LogP contribution in [0.2, 0.25) is 0 Å². The Morgan fingerprint density at radius 3 is 2.70 bits per heavy atom. The second kappa shape index (κ2) is 6.28. The Balaban J connectivity index is 1.46. The highest BCUT2D eigenvalue weighted by Crippen LogP contribution is 2.34. The highest BCUT2D eigenvalue weighted by atomic mass is 15.0. The monoisotopic (exact) mass is 272 g/mol. The maximum absolute atomic E-state index is 3.73. The quantitative estimate of drug-likeness (QED) is 0.879. The molecule has 20 heavy (non-hydrogen) atoms. The van der Waals surface area contributed by atoms with Gasteiger partial charge in [0.05, 0.1) is 0 Å². The van der Waals surface area contributed by atoms with E-state index in [0.29, 0.717) is 11.5 Å². The highest BCUT2D eigenvalue weighted by molar-refractivity contribution is 5.29. The van der Waals surface area contributed by atoms with E-state index in [9.17, 15) is 0 Å². The topological polar surface area (TPSA) is 24.1 Å². The van der Waals surface area contributed by atoms with E-state index < -0.39 is 0 Å². The van der Waals surface area contributed by atoms with Gasteiger partial charge in [-0.05, 0) is 35.8 Å². The van der Waals surface area contributed by atoms with E-state index in [1.165, 1.54) is 56.2 Å². The minimum Gasteiger partial charge on any atom is -0.315 e. The van der Waals surface area contributed by atoms with Gasteiger partial charge in [-0.1, -0.05) is 50.5 Å². The van der Waals surface area contributed by atoms with Gasteiger partial charge >= 0.3 is 0 Å². The molecular weight excluding hydrogens is 244 g/mol. The molecule has 0 bridgehead atoms. The summed E-state index contributed by atoms with van der Waals surface area (Å²) in [6.07, 6.45) is 8.26. The number of nitrogens with one attached hydrogen (secondary N) is 2. The number of hydrogen-bond donors (Lipinski definition) is 2. The van der Waals surface area contributed by atoms with Crippen molar-refractivity contribution in [3.63, 3.8) is 0 Å². The second-order valence-corrected chi connectivity index (χ2v) is 7.05. The molecule has 1 aromatic carbocycles. The molecule has 1 aliphatic heterocycles. The Labute approximate surface area is 123 Å². The summed E-state index contributed by atoms with van der Waals surface area (Å²) >= 11 is 0. The summed E-state index contributed by atoms with van der Waals surface area (Å²) in [5.74, 6) is 0. The average molecular weight is 272 g/mol. The smallest absolute Gasteiger partial charge is 0.0236 e. The molecule has 0 amide bonds. The summed E-state index contributed by atoms with van der Waals surface area (Å²) in [5.41, 5.74) is 3.55. The van der Waals surface area contributed by atoms with E-state index in [-0.39, 0.29) is 0 Å². The zero-order valence-electron chi connectivity index (χ0n) is 12.8.